The lowest BCUT2D eigenvalue weighted by atomic mass is 10.1. The summed E-state index contributed by atoms with van der Waals surface area (Å²) in [6.45, 7) is 4.00. The Morgan fingerprint density at radius 1 is 1.20 bits per heavy atom. The zero-order chi connectivity index (χ0) is 17.6. The Kier molecular flexibility index (Phi) is 5.40. The zero-order valence-corrected chi connectivity index (χ0v) is 15.0. The maximum atomic E-state index is 5.71. The molecule has 0 aliphatic heterocycles. The molecule has 0 saturated carbocycles. The molecule has 0 radical (unpaired) electrons. The number of hydrogen-bond acceptors (Lipinski definition) is 4. The number of ether oxygens (including phenoxy) is 1. The van der Waals surface area contributed by atoms with E-state index in [4.69, 9.17) is 17.0 Å². The molecule has 3 rings (SSSR count). The first-order valence-corrected chi connectivity index (χ1v) is 8.54. The lowest BCUT2D eigenvalue weighted by Gasteiger charge is -2.09. The quantitative estimate of drug-likeness (QED) is 0.534. The molecular weight excluding hydrogens is 332 g/mol. The van der Waals surface area contributed by atoms with E-state index in [0.29, 0.717) is 11.2 Å². The lowest BCUT2D eigenvalue weighted by Crippen LogP contribution is -2.05. The number of aromatic amines is 1. The minimum Gasteiger partial charge on any atom is -0.491 e. The van der Waals surface area contributed by atoms with Crippen molar-refractivity contribution in [2.75, 3.05) is 0 Å². The molecule has 1 N–H and O–H groups in total. The second-order valence-electron chi connectivity index (χ2n) is 5.90. The molecule has 0 atom stereocenters. The molecule has 0 amide bonds. The summed E-state index contributed by atoms with van der Waals surface area (Å²) >= 11 is 5.29. The Balaban J connectivity index is 1.82. The summed E-state index contributed by atoms with van der Waals surface area (Å²) in [6, 6.07) is 17.9. The summed E-state index contributed by atoms with van der Waals surface area (Å²) in [7, 11) is 0. The highest BCUT2D eigenvalue weighted by Gasteiger charge is 2.06. The third-order valence-electron chi connectivity index (χ3n) is 3.47. The highest BCUT2D eigenvalue weighted by Crippen LogP contribution is 2.14. The van der Waals surface area contributed by atoms with Gasteiger partial charge in [0.2, 0.25) is 4.77 Å². The van der Waals surface area contributed by atoms with E-state index in [9.17, 15) is 0 Å². The number of benzene rings is 2. The van der Waals surface area contributed by atoms with Gasteiger partial charge in [0.05, 0.1) is 12.3 Å². The number of aromatic nitrogens is 3. The first kappa shape index (κ1) is 17.1. The van der Waals surface area contributed by atoms with E-state index in [0.717, 1.165) is 22.7 Å². The van der Waals surface area contributed by atoms with Crippen LogP contribution in [0.5, 0.6) is 5.75 Å². The van der Waals surface area contributed by atoms with Crippen molar-refractivity contribution in [2.45, 2.75) is 26.4 Å². The van der Waals surface area contributed by atoms with E-state index in [-0.39, 0.29) is 6.10 Å². The van der Waals surface area contributed by atoms with Crippen LogP contribution in [0.15, 0.2) is 59.7 Å². The highest BCUT2D eigenvalue weighted by molar-refractivity contribution is 7.71. The molecule has 0 fully saturated rings. The standard InChI is InChI=1S/C19H20N4OS/c1-14(2)24-17-10-6-9-16(11-17)13-20-23-18(21-22-19(23)25)12-15-7-4-3-5-8-15/h3-11,13-14H,12H2,1-2H3,(H,22,25)/b20-13-. The SMILES string of the molecule is CC(C)Oc1cccc(/C=N\n2c(Cc3ccccc3)n[nH]c2=S)c1. The molecule has 0 spiro atoms. The normalized spacial score (nSPS) is 11.3. The molecule has 0 saturated heterocycles. The van der Waals surface area contributed by atoms with E-state index >= 15 is 0 Å². The fourth-order valence-corrected chi connectivity index (χ4v) is 2.60. The topological polar surface area (TPSA) is 55.2 Å². The Bertz CT molecular complexity index is 912. The fourth-order valence-electron chi connectivity index (χ4n) is 2.40. The summed E-state index contributed by atoms with van der Waals surface area (Å²) in [5.41, 5.74) is 2.09. The average molecular weight is 352 g/mol. The number of H-pyrrole nitrogens is 1. The third kappa shape index (κ3) is 4.64. The zero-order valence-electron chi connectivity index (χ0n) is 14.2. The van der Waals surface area contributed by atoms with Crippen molar-refractivity contribution in [3.63, 3.8) is 0 Å². The summed E-state index contributed by atoms with van der Waals surface area (Å²) in [5, 5.41) is 11.6. The fraction of sp³-hybridized carbons (Fsp3) is 0.211. The van der Waals surface area contributed by atoms with Gasteiger partial charge in [-0.15, -0.1) is 0 Å². The Hall–Kier alpha value is -2.73. The molecule has 3 aromatic rings. The van der Waals surface area contributed by atoms with Gasteiger partial charge in [0.25, 0.3) is 0 Å². The molecule has 6 heteroatoms. The molecule has 1 aromatic heterocycles. The maximum Gasteiger partial charge on any atom is 0.216 e. The Morgan fingerprint density at radius 2 is 2.00 bits per heavy atom. The number of nitrogens with zero attached hydrogens (tertiary/aromatic N) is 3. The smallest absolute Gasteiger partial charge is 0.216 e. The molecular formula is C19H20N4OS. The van der Waals surface area contributed by atoms with Gasteiger partial charge < -0.3 is 4.74 Å². The van der Waals surface area contributed by atoms with Crippen molar-refractivity contribution in [1.82, 2.24) is 14.9 Å². The molecule has 2 aromatic carbocycles. The monoisotopic (exact) mass is 352 g/mol. The van der Waals surface area contributed by atoms with E-state index in [2.05, 4.69) is 27.4 Å². The van der Waals surface area contributed by atoms with Crippen LogP contribution in [0.4, 0.5) is 0 Å². The third-order valence-corrected chi connectivity index (χ3v) is 3.74. The largest absolute Gasteiger partial charge is 0.491 e. The number of nitrogens with one attached hydrogen (secondary N) is 1. The predicted molar refractivity (Wildman–Crippen MR) is 102 cm³/mol. The summed E-state index contributed by atoms with van der Waals surface area (Å²) in [5.74, 6) is 1.58. The molecule has 0 unspecified atom stereocenters. The van der Waals surface area contributed by atoms with E-state index in [1.165, 1.54) is 0 Å². The molecule has 0 aliphatic carbocycles. The van der Waals surface area contributed by atoms with E-state index < -0.39 is 0 Å². The molecule has 128 valence electrons. The van der Waals surface area contributed by atoms with Gasteiger partial charge in [-0.3, -0.25) is 5.10 Å². The molecule has 25 heavy (non-hydrogen) atoms. The minimum atomic E-state index is 0.132. The van der Waals surface area contributed by atoms with Gasteiger partial charge in [0.15, 0.2) is 5.82 Å². The molecule has 5 nitrogen and oxygen atoms in total. The van der Waals surface area contributed by atoms with Crippen LogP contribution in [0.2, 0.25) is 0 Å². The lowest BCUT2D eigenvalue weighted by molar-refractivity contribution is 0.242. The number of rotatable bonds is 6. The van der Waals surface area contributed by atoms with Gasteiger partial charge in [-0.05, 0) is 49.3 Å². The van der Waals surface area contributed by atoms with Crippen LogP contribution in [0.3, 0.4) is 0 Å². The van der Waals surface area contributed by atoms with Gasteiger partial charge >= 0.3 is 0 Å². The summed E-state index contributed by atoms with van der Waals surface area (Å²) < 4.78 is 7.83. The maximum absolute atomic E-state index is 5.71. The molecule has 1 heterocycles. The van der Waals surface area contributed by atoms with Crippen molar-refractivity contribution in [3.8, 4) is 5.75 Å². The Labute approximate surface area is 152 Å². The predicted octanol–water partition coefficient (Wildman–Crippen LogP) is 4.20. The average Bonchev–Trinajstić information content (AvgIpc) is 2.93. The van der Waals surface area contributed by atoms with Crippen LogP contribution in [0.1, 0.15) is 30.8 Å². The van der Waals surface area contributed by atoms with E-state index in [1.54, 1.807) is 10.9 Å². The van der Waals surface area contributed by atoms with Gasteiger partial charge in [0.1, 0.15) is 5.75 Å². The van der Waals surface area contributed by atoms with Crippen molar-refractivity contribution in [2.24, 2.45) is 5.10 Å². The summed E-state index contributed by atoms with van der Waals surface area (Å²) in [6.07, 6.45) is 2.54. The molecule has 0 bridgehead atoms. The Morgan fingerprint density at radius 3 is 2.76 bits per heavy atom. The van der Waals surface area contributed by atoms with E-state index in [1.807, 2.05) is 56.3 Å². The van der Waals surface area contributed by atoms with Crippen LogP contribution < -0.4 is 4.74 Å². The minimum absolute atomic E-state index is 0.132. The van der Waals surface area contributed by atoms with Crippen molar-refractivity contribution in [1.29, 1.82) is 0 Å². The van der Waals surface area contributed by atoms with Crippen molar-refractivity contribution < 1.29 is 4.74 Å². The number of hydrogen-bond donors (Lipinski definition) is 1. The van der Waals surface area contributed by atoms with Gasteiger partial charge in [-0.1, -0.05) is 42.5 Å². The van der Waals surface area contributed by atoms with Crippen LogP contribution in [0, 0.1) is 4.77 Å². The van der Waals surface area contributed by atoms with Gasteiger partial charge in [-0.2, -0.15) is 14.9 Å². The second-order valence-corrected chi connectivity index (χ2v) is 6.29. The second kappa shape index (κ2) is 7.90. The van der Waals surface area contributed by atoms with Crippen LogP contribution >= 0.6 is 12.2 Å². The van der Waals surface area contributed by atoms with Crippen LogP contribution in [-0.4, -0.2) is 27.2 Å². The first-order valence-electron chi connectivity index (χ1n) is 8.13. The first-order chi connectivity index (χ1) is 12.1. The molecule has 0 aliphatic rings. The summed E-state index contributed by atoms with van der Waals surface area (Å²) in [4.78, 5) is 0. The van der Waals surface area contributed by atoms with Crippen LogP contribution in [-0.2, 0) is 6.42 Å². The van der Waals surface area contributed by atoms with Crippen molar-refractivity contribution >= 4 is 18.4 Å². The van der Waals surface area contributed by atoms with Gasteiger partial charge in [0, 0.05) is 6.42 Å². The van der Waals surface area contributed by atoms with Gasteiger partial charge in [-0.25, -0.2) is 0 Å². The van der Waals surface area contributed by atoms with Crippen molar-refractivity contribution in [3.05, 3.63) is 76.3 Å². The van der Waals surface area contributed by atoms with Crippen LogP contribution in [0.25, 0.3) is 0 Å². The highest BCUT2D eigenvalue weighted by atomic mass is 32.1.